The van der Waals surface area contributed by atoms with Gasteiger partial charge in [0.1, 0.15) is 0 Å². The van der Waals surface area contributed by atoms with E-state index in [0.717, 1.165) is 6.54 Å². The zero-order valence-corrected chi connectivity index (χ0v) is 11.2. The van der Waals surface area contributed by atoms with Gasteiger partial charge in [-0.15, -0.1) is 0 Å². The molecule has 4 N–H and O–H groups in total. The Balaban J connectivity index is 3.06. The Hall–Kier alpha value is -0.0800. The molecule has 1 atom stereocenters. The minimum absolute atomic E-state index is 0.454. The number of rotatable bonds is 12. The van der Waals surface area contributed by atoms with Crippen molar-refractivity contribution in [2.24, 2.45) is 11.5 Å². The summed E-state index contributed by atoms with van der Waals surface area (Å²) in [7, 11) is 0. The fourth-order valence-electron chi connectivity index (χ4n) is 2.06. The van der Waals surface area contributed by atoms with E-state index in [1.165, 1.54) is 70.6 Å². The van der Waals surface area contributed by atoms with Crippen molar-refractivity contribution in [2.75, 3.05) is 6.54 Å². The molecule has 1 unspecified atom stereocenters. The van der Waals surface area contributed by atoms with Crippen LogP contribution in [0.3, 0.4) is 0 Å². The van der Waals surface area contributed by atoms with Gasteiger partial charge >= 0.3 is 0 Å². The third-order valence-corrected chi connectivity index (χ3v) is 3.21. The van der Waals surface area contributed by atoms with Gasteiger partial charge in [-0.25, -0.2) is 0 Å². The Bertz CT molecular complexity index is 126. The van der Waals surface area contributed by atoms with E-state index in [2.05, 4.69) is 6.92 Å². The predicted octanol–water partition coefficient (Wildman–Crippen LogP) is 3.58. The first-order chi connectivity index (χ1) is 7.81. The normalized spacial score (nSPS) is 12.9. The average molecular weight is 228 g/mol. The van der Waals surface area contributed by atoms with Crippen LogP contribution in [0.25, 0.3) is 0 Å². The zero-order chi connectivity index (χ0) is 12.1. The van der Waals surface area contributed by atoms with Gasteiger partial charge < -0.3 is 11.5 Å². The molecule has 0 bridgehead atoms. The molecule has 0 aliphatic rings. The Morgan fingerprint density at radius 2 is 1.25 bits per heavy atom. The molecular weight excluding hydrogens is 196 g/mol. The summed E-state index contributed by atoms with van der Waals surface area (Å²) in [6.45, 7) is 3.09. The standard InChI is InChI=1S/C14H32N2/c1-2-3-8-11-14(16)12-9-6-4-5-7-10-13-15/h14H,2-13,15-16H2,1H3. The first-order valence-electron chi connectivity index (χ1n) is 7.27. The fraction of sp³-hybridized carbons (Fsp3) is 1.00. The summed E-state index contributed by atoms with van der Waals surface area (Å²) in [6, 6.07) is 0.454. The lowest BCUT2D eigenvalue weighted by atomic mass is 10.0. The topological polar surface area (TPSA) is 52.0 Å². The average Bonchev–Trinajstić information content (AvgIpc) is 2.28. The molecule has 0 fully saturated rings. The molecule has 0 saturated carbocycles. The van der Waals surface area contributed by atoms with Crippen molar-refractivity contribution in [1.29, 1.82) is 0 Å². The van der Waals surface area contributed by atoms with E-state index in [0.29, 0.717) is 6.04 Å². The van der Waals surface area contributed by atoms with Crippen LogP contribution in [0, 0.1) is 0 Å². The molecule has 2 nitrogen and oxygen atoms in total. The van der Waals surface area contributed by atoms with E-state index in [1.807, 2.05) is 0 Å². The number of nitrogens with two attached hydrogens (primary N) is 2. The van der Waals surface area contributed by atoms with Crippen molar-refractivity contribution in [3.8, 4) is 0 Å². The molecule has 16 heavy (non-hydrogen) atoms. The van der Waals surface area contributed by atoms with E-state index in [4.69, 9.17) is 11.5 Å². The number of hydrogen-bond acceptors (Lipinski definition) is 2. The van der Waals surface area contributed by atoms with Crippen molar-refractivity contribution in [3.05, 3.63) is 0 Å². The maximum atomic E-state index is 6.06. The molecule has 0 spiro atoms. The molecule has 0 heterocycles. The third kappa shape index (κ3) is 12.0. The highest BCUT2D eigenvalue weighted by Crippen LogP contribution is 2.11. The molecule has 0 radical (unpaired) electrons. The van der Waals surface area contributed by atoms with Crippen LogP contribution in [-0.4, -0.2) is 12.6 Å². The van der Waals surface area contributed by atoms with Crippen molar-refractivity contribution in [3.63, 3.8) is 0 Å². The highest BCUT2D eigenvalue weighted by molar-refractivity contribution is 4.61. The largest absolute Gasteiger partial charge is 0.330 e. The molecule has 0 aliphatic carbocycles. The minimum Gasteiger partial charge on any atom is -0.330 e. The monoisotopic (exact) mass is 228 g/mol. The molecule has 2 heteroatoms. The van der Waals surface area contributed by atoms with Crippen LogP contribution in [0.5, 0.6) is 0 Å². The van der Waals surface area contributed by atoms with Gasteiger partial charge in [-0.05, 0) is 25.8 Å². The molecule has 0 rings (SSSR count). The molecule has 0 saturated heterocycles. The van der Waals surface area contributed by atoms with Gasteiger partial charge in [0, 0.05) is 6.04 Å². The summed E-state index contributed by atoms with van der Waals surface area (Å²) in [4.78, 5) is 0. The SMILES string of the molecule is CCCCCC(N)CCCCCCCCN. The van der Waals surface area contributed by atoms with E-state index in [-0.39, 0.29) is 0 Å². The highest BCUT2D eigenvalue weighted by atomic mass is 14.6. The summed E-state index contributed by atoms with van der Waals surface area (Å²) < 4.78 is 0. The van der Waals surface area contributed by atoms with Crippen LogP contribution in [0.4, 0.5) is 0 Å². The maximum absolute atomic E-state index is 6.06. The second-order valence-corrected chi connectivity index (χ2v) is 4.95. The smallest absolute Gasteiger partial charge is 0.00388 e. The van der Waals surface area contributed by atoms with Gasteiger partial charge in [-0.1, -0.05) is 58.3 Å². The van der Waals surface area contributed by atoms with Crippen LogP contribution in [0.15, 0.2) is 0 Å². The van der Waals surface area contributed by atoms with Crippen LogP contribution in [0.1, 0.15) is 77.6 Å². The predicted molar refractivity (Wildman–Crippen MR) is 73.5 cm³/mol. The summed E-state index contributed by atoms with van der Waals surface area (Å²) in [5, 5.41) is 0. The van der Waals surface area contributed by atoms with Gasteiger partial charge in [-0.3, -0.25) is 0 Å². The Kier molecular flexibility index (Phi) is 12.9. The molecule has 0 aliphatic heterocycles. The summed E-state index contributed by atoms with van der Waals surface area (Å²) in [5.74, 6) is 0. The van der Waals surface area contributed by atoms with Gasteiger partial charge in [-0.2, -0.15) is 0 Å². The van der Waals surface area contributed by atoms with Crippen LogP contribution in [-0.2, 0) is 0 Å². The Morgan fingerprint density at radius 3 is 1.81 bits per heavy atom. The number of hydrogen-bond donors (Lipinski definition) is 2. The summed E-state index contributed by atoms with van der Waals surface area (Å²) in [5.41, 5.74) is 11.5. The van der Waals surface area contributed by atoms with Gasteiger partial charge in [0.25, 0.3) is 0 Å². The van der Waals surface area contributed by atoms with Gasteiger partial charge in [0.15, 0.2) is 0 Å². The molecule has 0 aromatic heterocycles. The van der Waals surface area contributed by atoms with Crippen molar-refractivity contribution < 1.29 is 0 Å². The molecule has 98 valence electrons. The fourth-order valence-corrected chi connectivity index (χ4v) is 2.06. The highest BCUT2D eigenvalue weighted by Gasteiger charge is 2.01. The minimum atomic E-state index is 0.454. The van der Waals surface area contributed by atoms with E-state index < -0.39 is 0 Å². The molecule has 0 aromatic rings. The van der Waals surface area contributed by atoms with Gasteiger partial charge in [0.05, 0.1) is 0 Å². The van der Waals surface area contributed by atoms with Crippen molar-refractivity contribution >= 4 is 0 Å². The van der Waals surface area contributed by atoms with E-state index in [1.54, 1.807) is 0 Å². The van der Waals surface area contributed by atoms with E-state index >= 15 is 0 Å². The lowest BCUT2D eigenvalue weighted by Gasteiger charge is -2.10. The zero-order valence-electron chi connectivity index (χ0n) is 11.2. The summed E-state index contributed by atoms with van der Waals surface area (Å²) >= 11 is 0. The Morgan fingerprint density at radius 1 is 0.750 bits per heavy atom. The quantitative estimate of drug-likeness (QED) is 0.502. The lowest BCUT2D eigenvalue weighted by Crippen LogP contribution is -2.19. The van der Waals surface area contributed by atoms with Crippen molar-refractivity contribution in [2.45, 2.75) is 83.6 Å². The number of unbranched alkanes of at least 4 members (excludes halogenated alkanes) is 7. The second kappa shape index (κ2) is 13.0. The maximum Gasteiger partial charge on any atom is 0.00388 e. The third-order valence-electron chi connectivity index (χ3n) is 3.21. The Labute approximate surface area is 102 Å². The summed E-state index contributed by atoms with van der Waals surface area (Å²) in [6.07, 6.45) is 14.3. The van der Waals surface area contributed by atoms with Crippen LogP contribution >= 0.6 is 0 Å². The van der Waals surface area contributed by atoms with Gasteiger partial charge in [0.2, 0.25) is 0 Å². The van der Waals surface area contributed by atoms with Crippen molar-refractivity contribution in [1.82, 2.24) is 0 Å². The molecular formula is C14H32N2. The van der Waals surface area contributed by atoms with E-state index in [9.17, 15) is 0 Å². The lowest BCUT2D eigenvalue weighted by molar-refractivity contribution is 0.491. The van der Waals surface area contributed by atoms with Crippen LogP contribution in [0.2, 0.25) is 0 Å². The first-order valence-corrected chi connectivity index (χ1v) is 7.27. The molecule has 0 aromatic carbocycles. The second-order valence-electron chi connectivity index (χ2n) is 4.95. The first kappa shape index (κ1) is 15.9. The molecule has 0 amide bonds. The van der Waals surface area contributed by atoms with Crippen LogP contribution < -0.4 is 11.5 Å².